The summed E-state index contributed by atoms with van der Waals surface area (Å²) in [5.41, 5.74) is 2.95. The molecule has 2 saturated heterocycles. The number of nitrogens with one attached hydrogen (secondary N) is 1. The van der Waals surface area contributed by atoms with Crippen molar-refractivity contribution in [3.63, 3.8) is 0 Å². The van der Waals surface area contributed by atoms with Crippen LogP contribution in [-0.4, -0.2) is 37.0 Å². The first-order valence-corrected chi connectivity index (χ1v) is 8.72. The number of aryl methyl sites for hydroxylation is 1. The second-order valence-corrected chi connectivity index (χ2v) is 7.07. The molecule has 0 radical (unpaired) electrons. The molecule has 1 amide bonds. The Labute approximate surface area is 134 Å². The van der Waals surface area contributed by atoms with Crippen LogP contribution >= 0.6 is 0 Å². The fourth-order valence-electron chi connectivity index (χ4n) is 3.88. The zero-order valence-corrected chi connectivity index (χ0v) is 13.9. The van der Waals surface area contributed by atoms with Crippen molar-refractivity contribution in [1.82, 2.24) is 10.2 Å². The van der Waals surface area contributed by atoms with Crippen LogP contribution in [0.25, 0.3) is 0 Å². The number of carbonyl (C=O) groups is 1. The van der Waals surface area contributed by atoms with E-state index in [4.69, 9.17) is 0 Å². The lowest BCUT2D eigenvalue weighted by atomic mass is 9.77. The summed E-state index contributed by atoms with van der Waals surface area (Å²) in [5, 5.41) is 3.48. The summed E-state index contributed by atoms with van der Waals surface area (Å²) in [6.45, 7) is 8.35. The number of benzene rings is 1. The highest BCUT2D eigenvalue weighted by atomic mass is 16.2. The number of hydrogen-bond donors (Lipinski definition) is 1. The van der Waals surface area contributed by atoms with Gasteiger partial charge in [-0.25, -0.2) is 0 Å². The van der Waals surface area contributed by atoms with Crippen molar-refractivity contribution in [2.75, 3.05) is 26.2 Å². The zero-order chi connectivity index (χ0) is 15.6. The fourth-order valence-corrected chi connectivity index (χ4v) is 3.88. The lowest BCUT2D eigenvalue weighted by Gasteiger charge is -2.39. The number of piperidine rings is 1. The van der Waals surface area contributed by atoms with Gasteiger partial charge in [-0.3, -0.25) is 4.79 Å². The molecule has 1 atom stereocenters. The number of hydrogen-bond acceptors (Lipinski definition) is 2. The van der Waals surface area contributed by atoms with Crippen molar-refractivity contribution in [2.45, 2.75) is 45.4 Å². The number of likely N-dealkylation sites (tertiary alicyclic amines) is 1. The molecule has 1 aromatic rings. The Morgan fingerprint density at radius 2 is 1.91 bits per heavy atom. The molecule has 3 nitrogen and oxygen atoms in total. The summed E-state index contributed by atoms with van der Waals surface area (Å²) < 4.78 is 0. The van der Waals surface area contributed by atoms with Crippen LogP contribution in [0.1, 0.15) is 50.2 Å². The highest BCUT2D eigenvalue weighted by molar-refractivity contribution is 5.83. The van der Waals surface area contributed by atoms with Gasteiger partial charge in [-0.2, -0.15) is 0 Å². The van der Waals surface area contributed by atoms with Crippen LogP contribution in [0.15, 0.2) is 24.3 Å². The molecule has 120 valence electrons. The van der Waals surface area contributed by atoms with Gasteiger partial charge in [0.25, 0.3) is 0 Å². The van der Waals surface area contributed by atoms with E-state index in [0.717, 1.165) is 51.0 Å². The molecule has 1 N–H and O–H groups in total. The predicted octanol–water partition coefficient (Wildman–Crippen LogP) is 2.95. The van der Waals surface area contributed by atoms with Crippen LogP contribution in [0.3, 0.4) is 0 Å². The monoisotopic (exact) mass is 300 g/mol. The summed E-state index contributed by atoms with van der Waals surface area (Å²) in [4.78, 5) is 14.9. The molecule has 0 saturated carbocycles. The minimum absolute atomic E-state index is 0.0262. The molecule has 2 heterocycles. The van der Waals surface area contributed by atoms with Gasteiger partial charge in [0.05, 0.1) is 5.92 Å². The van der Waals surface area contributed by atoms with E-state index in [0.29, 0.717) is 11.3 Å². The van der Waals surface area contributed by atoms with Crippen molar-refractivity contribution < 1.29 is 4.79 Å². The molecule has 0 bridgehead atoms. The third-order valence-electron chi connectivity index (χ3n) is 5.73. The van der Waals surface area contributed by atoms with E-state index in [1.54, 1.807) is 0 Å². The molecular weight excluding hydrogens is 272 g/mol. The maximum Gasteiger partial charge on any atom is 0.229 e. The van der Waals surface area contributed by atoms with Crippen molar-refractivity contribution in [3.8, 4) is 0 Å². The van der Waals surface area contributed by atoms with Gasteiger partial charge in [-0.1, -0.05) is 31.2 Å². The van der Waals surface area contributed by atoms with Gasteiger partial charge >= 0.3 is 0 Å². The van der Waals surface area contributed by atoms with E-state index in [9.17, 15) is 4.79 Å². The molecular formula is C19H28N2O. The normalized spacial score (nSPS) is 22.0. The van der Waals surface area contributed by atoms with Crippen molar-refractivity contribution in [3.05, 3.63) is 35.4 Å². The Morgan fingerprint density at radius 1 is 1.23 bits per heavy atom. The summed E-state index contributed by atoms with van der Waals surface area (Å²) in [5.74, 6) is 0.270. The van der Waals surface area contributed by atoms with Gasteiger partial charge in [0, 0.05) is 19.6 Å². The molecule has 0 aromatic heterocycles. The number of amides is 1. The molecule has 2 aliphatic rings. The molecule has 0 aliphatic carbocycles. The third kappa shape index (κ3) is 3.05. The van der Waals surface area contributed by atoms with Crippen LogP contribution in [0.2, 0.25) is 0 Å². The van der Waals surface area contributed by atoms with E-state index in [1.807, 2.05) is 6.92 Å². The average Bonchev–Trinajstić information content (AvgIpc) is 3.02. The summed E-state index contributed by atoms with van der Waals surface area (Å²) in [6, 6.07) is 8.53. The van der Waals surface area contributed by atoms with Gasteiger partial charge in [0.15, 0.2) is 0 Å². The number of nitrogens with zero attached hydrogens (tertiary/aromatic N) is 1. The SMILES string of the molecule is CCc1ccc(C(C)C(=O)N2CCC3(CCNC3)CC2)cc1. The minimum Gasteiger partial charge on any atom is -0.342 e. The Morgan fingerprint density at radius 3 is 2.45 bits per heavy atom. The molecule has 3 heteroatoms. The van der Waals surface area contributed by atoms with E-state index >= 15 is 0 Å². The van der Waals surface area contributed by atoms with Crippen LogP contribution in [-0.2, 0) is 11.2 Å². The van der Waals surface area contributed by atoms with E-state index in [2.05, 4.69) is 41.4 Å². The van der Waals surface area contributed by atoms with Gasteiger partial charge < -0.3 is 10.2 Å². The van der Waals surface area contributed by atoms with Gasteiger partial charge in [0.1, 0.15) is 0 Å². The summed E-state index contributed by atoms with van der Waals surface area (Å²) in [6.07, 6.45) is 4.65. The molecule has 2 aliphatic heterocycles. The second-order valence-electron chi connectivity index (χ2n) is 7.07. The lowest BCUT2D eigenvalue weighted by Crippen LogP contribution is -2.45. The standard InChI is InChI=1S/C19H28N2O/c1-3-16-4-6-17(7-5-16)15(2)18(22)21-12-9-19(10-13-21)8-11-20-14-19/h4-7,15,20H,3,8-14H2,1-2H3. The first-order valence-electron chi connectivity index (χ1n) is 8.72. The third-order valence-corrected chi connectivity index (χ3v) is 5.73. The average molecular weight is 300 g/mol. The van der Waals surface area contributed by atoms with Gasteiger partial charge in [-0.15, -0.1) is 0 Å². The van der Waals surface area contributed by atoms with E-state index < -0.39 is 0 Å². The highest BCUT2D eigenvalue weighted by Crippen LogP contribution is 2.37. The second kappa shape index (κ2) is 6.41. The molecule has 1 aromatic carbocycles. The quantitative estimate of drug-likeness (QED) is 0.931. The molecule has 22 heavy (non-hydrogen) atoms. The van der Waals surface area contributed by atoms with Crippen molar-refractivity contribution in [2.24, 2.45) is 5.41 Å². The topological polar surface area (TPSA) is 32.3 Å². The Balaban J connectivity index is 1.61. The van der Waals surface area contributed by atoms with E-state index in [-0.39, 0.29) is 5.92 Å². The predicted molar refractivity (Wildman–Crippen MR) is 90.0 cm³/mol. The molecule has 1 spiro atoms. The van der Waals surface area contributed by atoms with Crippen molar-refractivity contribution in [1.29, 1.82) is 0 Å². The first kappa shape index (κ1) is 15.5. The molecule has 3 rings (SSSR count). The number of rotatable bonds is 3. The summed E-state index contributed by atoms with van der Waals surface area (Å²) in [7, 11) is 0. The van der Waals surface area contributed by atoms with Crippen LogP contribution < -0.4 is 5.32 Å². The maximum absolute atomic E-state index is 12.8. The van der Waals surface area contributed by atoms with E-state index in [1.165, 1.54) is 12.0 Å². The highest BCUT2D eigenvalue weighted by Gasteiger charge is 2.38. The molecule has 1 unspecified atom stereocenters. The molecule has 2 fully saturated rings. The smallest absolute Gasteiger partial charge is 0.229 e. The Hall–Kier alpha value is -1.35. The zero-order valence-electron chi connectivity index (χ0n) is 13.9. The van der Waals surface area contributed by atoms with Crippen molar-refractivity contribution >= 4 is 5.91 Å². The lowest BCUT2D eigenvalue weighted by molar-refractivity contribution is -0.134. The Kier molecular flexibility index (Phi) is 4.53. The maximum atomic E-state index is 12.8. The number of carbonyl (C=O) groups excluding carboxylic acids is 1. The van der Waals surface area contributed by atoms with Crippen LogP contribution in [0.4, 0.5) is 0 Å². The van der Waals surface area contributed by atoms with Gasteiger partial charge in [0.2, 0.25) is 5.91 Å². The Bertz CT molecular complexity index is 507. The fraction of sp³-hybridized carbons (Fsp3) is 0.632. The minimum atomic E-state index is -0.0262. The first-order chi connectivity index (χ1) is 10.6. The largest absolute Gasteiger partial charge is 0.342 e. The van der Waals surface area contributed by atoms with Crippen LogP contribution in [0.5, 0.6) is 0 Å². The van der Waals surface area contributed by atoms with Gasteiger partial charge in [-0.05, 0) is 55.7 Å². The van der Waals surface area contributed by atoms with Crippen LogP contribution in [0, 0.1) is 5.41 Å². The summed E-state index contributed by atoms with van der Waals surface area (Å²) >= 11 is 0.